The van der Waals surface area contributed by atoms with E-state index < -0.39 is 0 Å². The molecular formula is C18H26IN3O2S. The monoisotopic (exact) mass is 475 g/mol. The number of ether oxygens (including phenoxy) is 2. The fourth-order valence-corrected chi connectivity index (χ4v) is 2.95. The van der Waals surface area contributed by atoms with Crippen LogP contribution in [0.3, 0.4) is 0 Å². The lowest BCUT2D eigenvalue weighted by Gasteiger charge is -2.12. The number of nitrogens with zero attached hydrogens (tertiary/aromatic N) is 1. The van der Waals surface area contributed by atoms with E-state index in [2.05, 4.69) is 34.7 Å². The third-order valence-electron chi connectivity index (χ3n) is 3.31. The summed E-state index contributed by atoms with van der Waals surface area (Å²) in [6.07, 6.45) is 0.873. The van der Waals surface area contributed by atoms with Crippen molar-refractivity contribution >= 4 is 47.0 Å². The first-order valence-electron chi connectivity index (χ1n) is 7.96. The molecule has 0 fully saturated rings. The number of guanidine groups is 1. The van der Waals surface area contributed by atoms with E-state index in [4.69, 9.17) is 9.47 Å². The maximum atomic E-state index is 5.72. The van der Waals surface area contributed by atoms with Crippen LogP contribution in [0.25, 0.3) is 0 Å². The molecule has 0 aliphatic rings. The molecule has 0 amide bonds. The van der Waals surface area contributed by atoms with E-state index in [0.717, 1.165) is 30.4 Å². The van der Waals surface area contributed by atoms with Crippen molar-refractivity contribution in [2.45, 2.75) is 19.9 Å². The molecule has 0 saturated heterocycles. The molecule has 138 valence electrons. The van der Waals surface area contributed by atoms with Crippen LogP contribution in [0, 0.1) is 6.92 Å². The molecule has 0 bridgehead atoms. The largest absolute Gasteiger partial charge is 0.493 e. The molecule has 0 atom stereocenters. The van der Waals surface area contributed by atoms with Gasteiger partial charge in [0.1, 0.15) is 5.75 Å². The van der Waals surface area contributed by atoms with Crippen LogP contribution in [0.2, 0.25) is 0 Å². The van der Waals surface area contributed by atoms with Gasteiger partial charge in [-0.15, -0.1) is 35.3 Å². The number of methoxy groups -OCH3 is 1. The van der Waals surface area contributed by atoms with Gasteiger partial charge < -0.3 is 20.1 Å². The highest BCUT2D eigenvalue weighted by atomic mass is 127. The van der Waals surface area contributed by atoms with E-state index in [-0.39, 0.29) is 24.0 Å². The van der Waals surface area contributed by atoms with Gasteiger partial charge in [-0.3, -0.25) is 4.99 Å². The van der Waals surface area contributed by atoms with Crippen LogP contribution in [-0.2, 0) is 11.3 Å². The van der Waals surface area contributed by atoms with Gasteiger partial charge in [0.05, 0.1) is 13.2 Å². The van der Waals surface area contributed by atoms with Crippen LogP contribution in [0.1, 0.15) is 16.2 Å². The summed E-state index contributed by atoms with van der Waals surface area (Å²) >= 11 is 1.79. The van der Waals surface area contributed by atoms with Gasteiger partial charge in [0, 0.05) is 48.7 Å². The maximum absolute atomic E-state index is 5.72. The molecule has 0 saturated carbocycles. The molecule has 2 N–H and O–H groups in total. The Kier molecular flexibility index (Phi) is 10.5. The molecule has 1 aromatic carbocycles. The van der Waals surface area contributed by atoms with Crippen LogP contribution in [0.5, 0.6) is 5.75 Å². The average molecular weight is 475 g/mol. The van der Waals surface area contributed by atoms with Crippen LogP contribution in [0.15, 0.2) is 41.4 Å². The Morgan fingerprint density at radius 1 is 1.20 bits per heavy atom. The number of hydrogen-bond acceptors (Lipinski definition) is 4. The molecule has 2 aromatic rings. The van der Waals surface area contributed by atoms with Crippen molar-refractivity contribution in [1.29, 1.82) is 0 Å². The minimum atomic E-state index is 0. The molecule has 1 aromatic heterocycles. The topological polar surface area (TPSA) is 54.9 Å². The predicted molar refractivity (Wildman–Crippen MR) is 117 cm³/mol. The summed E-state index contributed by atoms with van der Waals surface area (Å²) in [6, 6.07) is 12.1. The summed E-state index contributed by atoms with van der Waals surface area (Å²) in [7, 11) is 3.46. The fraction of sp³-hybridized carbons (Fsp3) is 0.389. The van der Waals surface area contributed by atoms with Crippen molar-refractivity contribution in [2.75, 3.05) is 32.7 Å². The number of anilines is 1. The third-order valence-corrected chi connectivity index (χ3v) is 4.31. The molecule has 5 nitrogen and oxygen atoms in total. The Bertz CT molecular complexity index is 661. The number of aliphatic imine (C=N–C) groups is 1. The van der Waals surface area contributed by atoms with Crippen molar-refractivity contribution < 1.29 is 9.47 Å². The van der Waals surface area contributed by atoms with Crippen molar-refractivity contribution in [3.8, 4) is 5.75 Å². The number of nitrogens with one attached hydrogen (secondary N) is 2. The zero-order valence-electron chi connectivity index (χ0n) is 14.9. The fourth-order valence-electron chi connectivity index (χ4n) is 2.12. The van der Waals surface area contributed by atoms with E-state index in [1.807, 2.05) is 24.3 Å². The number of aryl methyl sites for hydroxylation is 1. The Morgan fingerprint density at radius 3 is 2.72 bits per heavy atom. The molecule has 25 heavy (non-hydrogen) atoms. The first-order chi connectivity index (χ1) is 11.7. The SMILES string of the molecule is CN=C(NCc1ccc(C)s1)Nc1cccc(OCCCOC)c1.I. The molecule has 7 heteroatoms. The van der Waals surface area contributed by atoms with Crippen LogP contribution in [-0.4, -0.2) is 33.3 Å². The second kappa shape index (κ2) is 12.1. The number of benzene rings is 1. The Labute approximate surface area is 170 Å². The zero-order chi connectivity index (χ0) is 17.2. The lowest BCUT2D eigenvalue weighted by Crippen LogP contribution is -2.29. The van der Waals surface area contributed by atoms with Crippen molar-refractivity contribution in [2.24, 2.45) is 4.99 Å². The molecule has 0 radical (unpaired) electrons. The van der Waals surface area contributed by atoms with E-state index >= 15 is 0 Å². The van der Waals surface area contributed by atoms with Crippen LogP contribution >= 0.6 is 35.3 Å². The molecule has 0 aliphatic heterocycles. The Hall–Kier alpha value is -1.32. The number of halogens is 1. The summed E-state index contributed by atoms with van der Waals surface area (Å²) < 4.78 is 10.7. The van der Waals surface area contributed by atoms with E-state index in [1.54, 1.807) is 25.5 Å². The standard InChI is InChI=1S/C18H25N3O2S.HI/c1-14-8-9-17(24-14)13-20-18(19-2)21-15-6-4-7-16(12-15)23-11-5-10-22-3;/h4,6-9,12H,5,10-11,13H2,1-3H3,(H2,19,20,21);1H. The average Bonchev–Trinajstić information content (AvgIpc) is 3.01. The number of hydrogen-bond donors (Lipinski definition) is 2. The number of rotatable bonds is 8. The van der Waals surface area contributed by atoms with E-state index in [9.17, 15) is 0 Å². The predicted octanol–water partition coefficient (Wildman–Crippen LogP) is 4.28. The van der Waals surface area contributed by atoms with Gasteiger partial charge >= 0.3 is 0 Å². The van der Waals surface area contributed by atoms with Gasteiger partial charge in [0.15, 0.2) is 5.96 Å². The second-order valence-electron chi connectivity index (χ2n) is 5.29. The summed E-state index contributed by atoms with van der Waals surface area (Å²) in [5.74, 6) is 1.57. The van der Waals surface area contributed by atoms with Gasteiger partial charge in [0.25, 0.3) is 0 Å². The zero-order valence-corrected chi connectivity index (χ0v) is 18.0. The highest BCUT2D eigenvalue weighted by Gasteiger charge is 2.03. The Morgan fingerprint density at radius 2 is 2.04 bits per heavy atom. The van der Waals surface area contributed by atoms with Crippen molar-refractivity contribution in [1.82, 2.24) is 5.32 Å². The quantitative estimate of drug-likeness (QED) is 0.259. The third kappa shape index (κ3) is 8.06. The van der Waals surface area contributed by atoms with Crippen LogP contribution in [0.4, 0.5) is 5.69 Å². The summed E-state index contributed by atoms with van der Waals surface area (Å²) in [4.78, 5) is 6.86. The number of thiophene rings is 1. The van der Waals surface area contributed by atoms with Gasteiger partial charge in [-0.2, -0.15) is 0 Å². The van der Waals surface area contributed by atoms with Gasteiger partial charge in [-0.1, -0.05) is 6.07 Å². The van der Waals surface area contributed by atoms with Gasteiger partial charge in [-0.25, -0.2) is 0 Å². The van der Waals surface area contributed by atoms with Crippen LogP contribution < -0.4 is 15.4 Å². The van der Waals surface area contributed by atoms with Crippen molar-refractivity contribution in [3.05, 3.63) is 46.2 Å². The summed E-state index contributed by atoms with van der Waals surface area (Å²) in [6.45, 7) is 4.21. The molecule has 0 spiro atoms. The van der Waals surface area contributed by atoms with E-state index in [1.165, 1.54) is 9.75 Å². The minimum absolute atomic E-state index is 0. The maximum Gasteiger partial charge on any atom is 0.195 e. The highest BCUT2D eigenvalue weighted by molar-refractivity contribution is 14.0. The molecule has 1 heterocycles. The summed E-state index contributed by atoms with van der Waals surface area (Å²) in [5, 5.41) is 6.61. The second-order valence-corrected chi connectivity index (χ2v) is 6.66. The molecule has 0 aliphatic carbocycles. The lowest BCUT2D eigenvalue weighted by atomic mass is 10.3. The first-order valence-corrected chi connectivity index (χ1v) is 8.77. The Balaban J connectivity index is 0.00000312. The normalized spacial score (nSPS) is 10.9. The molecule has 2 rings (SSSR count). The smallest absolute Gasteiger partial charge is 0.195 e. The molecule has 0 unspecified atom stereocenters. The van der Waals surface area contributed by atoms with E-state index in [0.29, 0.717) is 13.2 Å². The summed E-state index contributed by atoms with van der Waals surface area (Å²) in [5.41, 5.74) is 0.940. The van der Waals surface area contributed by atoms with Crippen molar-refractivity contribution in [3.63, 3.8) is 0 Å². The molecular weight excluding hydrogens is 449 g/mol. The minimum Gasteiger partial charge on any atom is -0.493 e. The van der Waals surface area contributed by atoms with Gasteiger partial charge in [0.2, 0.25) is 0 Å². The van der Waals surface area contributed by atoms with Gasteiger partial charge in [-0.05, 0) is 31.2 Å². The lowest BCUT2D eigenvalue weighted by molar-refractivity contribution is 0.172. The highest BCUT2D eigenvalue weighted by Crippen LogP contribution is 2.18. The first kappa shape index (κ1) is 21.7.